The summed E-state index contributed by atoms with van der Waals surface area (Å²) in [6.07, 6.45) is 0. The van der Waals surface area contributed by atoms with E-state index < -0.39 is 0 Å². The lowest BCUT2D eigenvalue weighted by Crippen LogP contribution is -2.33. The second kappa shape index (κ2) is 7.00. The fourth-order valence-corrected chi connectivity index (χ4v) is 1.29. The van der Waals surface area contributed by atoms with Gasteiger partial charge < -0.3 is 10.1 Å². The van der Waals surface area contributed by atoms with Crippen LogP contribution in [-0.2, 0) is 4.74 Å². The summed E-state index contributed by atoms with van der Waals surface area (Å²) in [5, 5.41) is 5.01. The maximum Gasteiger partial charge on any atom is 0.118 e. The first-order valence-corrected chi connectivity index (χ1v) is 5.74. The molecule has 0 amide bonds. The predicted molar refractivity (Wildman–Crippen MR) is 70.4 cm³/mol. The highest BCUT2D eigenvalue weighted by atomic mass is 127. The van der Waals surface area contributed by atoms with Gasteiger partial charge in [0.2, 0.25) is 0 Å². The van der Waals surface area contributed by atoms with Crippen molar-refractivity contribution in [2.45, 2.75) is 0 Å². The van der Waals surface area contributed by atoms with Crippen LogP contribution in [0.5, 0.6) is 0 Å². The predicted octanol–water partition coefficient (Wildman–Crippen LogP) is 1.70. The highest BCUT2D eigenvalue weighted by Crippen LogP contribution is 2.10. The first-order valence-electron chi connectivity index (χ1n) is 4.66. The van der Waals surface area contributed by atoms with Gasteiger partial charge in [0.15, 0.2) is 0 Å². The van der Waals surface area contributed by atoms with Crippen molar-refractivity contribution in [3.8, 4) is 0 Å². The summed E-state index contributed by atoms with van der Waals surface area (Å²) >= 11 is 2.28. The molecule has 0 fully saturated rings. The van der Waals surface area contributed by atoms with Gasteiger partial charge in [-0.3, -0.25) is 0 Å². The number of nitrogens with zero attached hydrogens (tertiary/aromatic N) is 1. The summed E-state index contributed by atoms with van der Waals surface area (Å²) in [6, 6.07) is 8.18. The summed E-state index contributed by atoms with van der Waals surface area (Å²) in [6.45, 7) is 1.01. The third-order valence-electron chi connectivity index (χ3n) is 1.71. The third kappa shape index (κ3) is 5.93. The molecule has 2 N–H and O–H groups in total. The molecule has 0 heterocycles. The first-order chi connectivity index (χ1) is 7.18. The molecule has 0 radical (unpaired) electrons. The van der Waals surface area contributed by atoms with Gasteiger partial charge in [-0.15, -0.1) is 0 Å². The van der Waals surface area contributed by atoms with E-state index in [1.807, 2.05) is 31.2 Å². The van der Waals surface area contributed by atoms with E-state index in [-0.39, 0.29) is 0 Å². The summed E-state index contributed by atoms with van der Waals surface area (Å²) in [5.41, 5.74) is 4.08. The van der Waals surface area contributed by atoms with Crippen molar-refractivity contribution in [1.29, 1.82) is 0 Å². The number of hydrogen-bond donors (Lipinski definition) is 2. The van der Waals surface area contributed by atoms with Crippen LogP contribution < -0.4 is 10.7 Å². The fraction of sp³-hybridized carbons (Fsp3) is 0.400. The van der Waals surface area contributed by atoms with Crippen molar-refractivity contribution < 1.29 is 4.74 Å². The average Bonchev–Trinajstić information content (AvgIpc) is 2.20. The van der Waals surface area contributed by atoms with Crippen molar-refractivity contribution in [3.63, 3.8) is 0 Å². The molecular weight excluding hydrogens is 305 g/mol. The van der Waals surface area contributed by atoms with E-state index in [4.69, 9.17) is 4.74 Å². The van der Waals surface area contributed by atoms with Gasteiger partial charge in [-0.1, -0.05) is 0 Å². The normalized spacial score (nSPS) is 10.7. The molecule has 0 spiro atoms. The van der Waals surface area contributed by atoms with Crippen LogP contribution in [0.1, 0.15) is 0 Å². The average molecular weight is 321 g/mol. The smallest absolute Gasteiger partial charge is 0.118 e. The topological polar surface area (TPSA) is 36.5 Å². The Bertz CT molecular complexity index is 277. The molecule has 1 aromatic rings. The Hall–Kier alpha value is -0.370. The third-order valence-corrected chi connectivity index (χ3v) is 2.42. The number of ether oxygens (including phenoxy) is 1. The summed E-state index contributed by atoms with van der Waals surface area (Å²) in [5.74, 6) is 0. The lowest BCUT2D eigenvalue weighted by atomic mass is 10.3. The highest BCUT2D eigenvalue weighted by molar-refractivity contribution is 14.1. The Morgan fingerprint density at radius 3 is 2.47 bits per heavy atom. The zero-order valence-electron chi connectivity index (χ0n) is 8.96. The van der Waals surface area contributed by atoms with Crippen molar-refractivity contribution in [1.82, 2.24) is 10.4 Å². The molecule has 0 aliphatic carbocycles. The Labute approximate surface area is 104 Å². The van der Waals surface area contributed by atoms with E-state index in [9.17, 15) is 0 Å². The second-order valence-corrected chi connectivity index (χ2v) is 4.47. The van der Waals surface area contributed by atoms with E-state index in [2.05, 4.69) is 45.5 Å². The number of hydrogen-bond acceptors (Lipinski definition) is 4. The molecule has 1 aromatic carbocycles. The van der Waals surface area contributed by atoms with Crippen LogP contribution in [0, 0.1) is 3.57 Å². The zero-order valence-corrected chi connectivity index (χ0v) is 11.1. The van der Waals surface area contributed by atoms with Gasteiger partial charge in [-0.2, -0.15) is 0 Å². The Morgan fingerprint density at radius 1 is 1.20 bits per heavy atom. The monoisotopic (exact) mass is 321 g/mol. The Morgan fingerprint density at radius 2 is 1.87 bits per heavy atom. The van der Waals surface area contributed by atoms with Crippen molar-refractivity contribution in [2.75, 3.05) is 32.9 Å². The molecular formula is C10H16IN3O. The van der Waals surface area contributed by atoms with Crippen molar-refractivity contribution >= 4 is 28.3 Å². The van der Waals surface area contributed by atoms with E-state index in [0.29, 0.717) is 13.5 Å². The maximum absolute atomic E-state index is 5.31. The van der Waals surface area contributed by atoms with E-state index in [1.165, 1.54) is 3.57 Å². The van der Waals surface area contributed by atoms with Gasteiger partial charge in [-0.05, 0) is 46.9 Å². The number of hydrazine groups is 1. The minimum Gasteiger partial charge on any atom is -0.363 e. The summed E-state index contributed by atoms with van der Waals surface area (Å²) in [4.78, 5) is 0. The van der Waals surface area contributed by atoms with E-state index in [1.54, 1.807) is 0 Å². The SMILES string of the molecule is CN(C)NCOCNc1ccc(I)cc1. The van der Waals surface area contributed by atoms with Crippen molar-refractivity contribution in [2.24, 2.45) is 0 Å². The molecule has 84 valence electrons. The van der Waals surface area contributed by atoms with Gasteiger partial charge >= 0.3 is 0 Å². The lowest BCUT2D eigenvalue weighted by molar-refractivity contribution is 0.0823. The number of halogens is 1. The van der Waals surface area contributed by atoms with Crippen molar-refractivity contribution in [3.05, 3.63) is 27.8 Å². The second-order valence-electron chi connectivity index (χ2n) is 3.23. The van der Waals surface area contributed by atoms with Gasteiger partial charge in [0, 0.05) is 23.4 Å². The molecule has 0 aromatic heterocycles. The van der Waals surface area contributed by atoms with Gasteiger partial charge in [0.1, 0.15) is 13.5 Å². The van der Waals surface area contributed by atoms with E-state index in [0.717, 1.165) is 5.69 Å². The van der Waals surface area contributed by atoms with Gasteiger partial charge in [0.25, 0.3) is 0 Å². The Kier molecular flexibility index (Phi) is 5.92. The Balaban J connectivity index is 2.12. The molecule has 15 heavy (non-hydrogen) atoms. The zero-order chi connectivity index (χ0) is 11.1. The quantitative estimate of drug-likeness (QED) is 0.362. The molecule has 0 saturated carbocycles. The highest BCUT2D eigenvalue weighted by Gasteiger charge is 1.91. The van der Waals surface area contributed by atoms with Gasteiger partial charge in [-0.25, -0.2) is 10.4 Å². The van der Waals surface area contributed by atoms with Crippen LogP contribution in [0.2, 0.25) is 0 Å². The standard InChI is InChI=1S/C10H16IN3O/c1-14(2)13-8-15-7-12-10-5-3-9(11)4-6-10/h3-6,12-13H,7-8H2,1-2H3. The van der Waals surface area contributed by atoms with Crippen LogP contribution in [0.4, 0.5) is 5.69 Å². The largest absolute Gasteiger partial charge is 0.363 e. The molecule has 0 unspecified atom stereocenters. The number of anilines is 1. The first kappa shape index (κ1) is 12.7. The van der Waals surface area contributed by atoms with Crippen LogP contribution in [0.3, 0.4) is 0 Å². The molecule has 1 rings (SSSR count). The van der Waals surface area contributed by atoms with Gasteiger partial charge in [0.05, 0.1) is 0 Å². The van der Waals surface area contributed by atoms with Crippen LogP contribution in [0.25, 0.3) is 0 Å². The molecule has 5 heteroatoms. The number of nitrogens with one attached hydrogen (secondary N) is 2. The molecule has 0 bridgehead atoms. The molecule has 0 saturated heterocycles. The summed E-state index contributed by atoms with van der Waals surface area (Å²) in [7, 11) is 3.85. The maximum atomic E-state index is 5.31. The molecule has 0 atom stereocenters. The lowest BCUT2D eigenvalue weighted by Gasteiger charge is -2.12. The van der Waals surface area contributed by atoms with E-state index >= 15 is 0 Å². The number of rotatable bonds is 6. The molecule has 0 aliphatic rings. The van der Waals surface area contributed by atoms with Crippen LogP contribution in [0.15, 0.2) is 24.3 Å². The number of benzene rings is 1. The summed E-state index contributed by atoms with van der Waals surface area (Å²) < 4.78 is 6.54. The fourth-order valence-electron chi connectivity index (χ4n) is 0.928. The minimum atomic E-state index is 0.501. The minimum absolute atomic E-state index is 0.501. The van der Waals surface area contributed by atoms with Crippen LogP contribution >= 0.6 is 22.6 Å². The molecule has 0 aliphatic heterocycles. The molecule has 4 nitrogen and oxygen atoms in total. The van der Waals surface area contributed by atoms with Crippen LogP contribution in [-0.4, -0.2) is 32.6 Å².